The lowest BCUT2D eigenvalue weighted by Crippen LogP contribution is -2.14. The maximum absolute atomic E-state index is 12.6. The molecule has 166 valence electrons. The lowest BCUT2D eigenvalue weighted by molar-refractivity contribution is 0.101. The van der Waals surface area contributed by atoms with Crippen molar-refractivity contribution in [2.75, 3.05) is 10.6 Å². The van der Waals surface area contributed by atoms with E-state index in [2.05, 4.69) is 20.6 Å². The molecule has 3 aromatic carbocycles. The van der Waals surface area contributed by atoms with E-state index in [0.717, 1.165) is 22.5 Å². The monoisotopic (exact) mass is 482 g/mol. The van der Waals surface area contributed by atoms with Crippen LogP contribution >= 0.6 is 22.7 Å². The molecule has 2 aromatic heterocycles. The number of anilines is 2. The highest BCUT2D eigenvalue weighted by Gasteiger charge is 2.13. The van der Waals surface area contributed by atoms with Crippen LogP contribution in [0.2, 0.25) is 0 Å². The fraction of sp³-hybridized carbons (Fsp3) is 0. The fourth-order valence-corrected chi connectivity index (χ4v) is 4.69. The maximum atomic E-state index is 12.6. The molecule has 2 amide bonds. The summed E-state index contributed by atoms with van der Waals surface area (Å²) < 4.78 is 0. The van der Waals surface area contributed by atoms with Gasteiger partial charge in [0.05, 0.1) is 11.4 Å². The molecule has 0 radical (unpaired) electrons. The number of hydrogen-bond donors (Lipinski definition) is 2. The van der Waals surface area contributed by atoms with Crippen LogP contribution in [0.5, 0.6) is 0 Å². The number of carbonyl (C=O) groups is 2. The predicted octanol–water partition coefficient (Wildman–Crippen LogP) is 6.44. The summed E-state index contributed by atoms with van der Waals surface area (Å²) in [6.45, 7) is 0. The van der Waals surface area contributed by atoms with Gasteiger partial charge in [0, 0.05) is 33.0 Å². The molecule has 2 N–H and O–H groups in total. The Morgan fingerprint density at radius 3 is 1.32 bits per heavy atom. The number of rotatable bonds is 6. The van der Waals surface area contributed by atoms with E-state index in [4.69, 9.17) is 0 Å². The van der Waals surface area contributed by atoms with Gasteiger partial charge in [0.2, 0.25) is 0 Å². The van der Waals surface area contributed by atoms with Gasteiger partial charge >= 0.3 is 0 Å². The lowest BCUT2D eigenvalue weighted by Gasteiger charge is -2.05. The second-order valence-corrected chi connectivity index (χ2v) is 9.01. The minimum absolute atomic E-state index is 0.284. The Morgan fingerprint density at radius 2 is 0.941 bits per heavy atom. The van der Waals surface area contributed by atoms with Crippen LogP contribution in [-0.4, -0.2) is 21.8 Å². The second kappa shape index (κ2) is 9.78. The number of amides is 2. The number of thiazole rings is 2. The molecule has 34 heavy (non-hydrogen) atoms. The average Bonchev–Trinajstić information content (AvgIpc) is 3.55. The molecule has 0 aliphatic rings. The summed E-state index contributed by atoms with van der Waals surface area (Å²) in [6.07, 6.45) is 0. The van der Waals surface area contributed by atoms with Crippen molar-refractivity contribution < 1.29 is 9.59 Å². The predicted molar refractivity (Wildman–Crippen MR) is 137 cm³/mol. The molecule has 2 heterocycles. The average molecular weight is 483 g/mol. The van der Waals surface area contributed by atoms with E-state index >= 15 is 0 Å². The highest BCUT2D eigenvalue weighted by atomic mass is 32.1. The van der Waals surface area contributed by atoms with Gasteiger partial charge in [0.15, 0.2) is 10.3 Å². The van der Waals surface area contributed by atoms with Crippen LogP contribution in [0, 0.1) is 0 Å². The Hall–Kier alpha value is -4.14. The zero-order valence-electron chi connectivity index (χ0n) is 17.8. The van der Waals surface area contributed by atoms with Gasteiger partial charge in [0.1, 0.15) is 0 Å². The molecular weight excluding hydrogens is 464 g/mol. The van der Waals surface area contributed by atoms with Crippen molar-refractivity contribution in [3.8, 4) is 22.5 Å². The third kappa shape index (κ3) is 4.93. The van der Waals surface area contributed by atoms with Crippen molar-refractivity contribution in [2.24, 2.45) is 0 Å². The largest absolute Gasteiger partial charge is 0.298 e. The van der Waals surface area contributed by atoms with Crippen LogP contribution in [-0.2, 0) is 0 Å². The Balaban J connectivity index is 1.21. The standard InChI is InChI=1S/C26H18N4O2S2/c31-23(29-25-27-21(15-33-25)17-7-3-1-4-8-17)19-11-13-20(14-12-19)24(32)30-26-28-22(16-34-26)18-9-5-2-6-10-18/h1-16H,(H,27,29,31)(H,28,30,32). The molecule has 0 spiro atoms. The summed E-state index contributed by atoms with van der Waals surface area (Å²) in [5, 5.41) is 10.5. The Kier molecular flexibility index (Phi) is 6.24. The van der Waals surface area contributed by atoms with Crippen LogP contribution in [0.3, 0.4) is 0 Å². The summed E-state index contributed by atoms with van der Waals surface area (Å²) in [6, 6.07) is 26.0. The van der Waals surface area contributed by atoms with E-state index in [1.54, 1.807) is 24.3 Å². The third-order valence-corrected chi connectivity index (χ3v) is 6.51. The van der Waals surface area contributed by atoms with Crippen LogP contribution in [0.15, 0.2) is 95.7 Å². The minimum Gasteiger partial charge on any atom is -0.298 e. The molecular formula is C26H18N4O2S2. The molecule has 5 rings (SSSR count). The van der Waals surface area contributed by atoms with E-state index in [1.807, 2.05) is 71.4 Å². The first-order valence-corrected chi connectivity index (χ1v) is 12.2. The number of nitrogens with one attached hydrogen (secondary N) is 2. The molecule has 0 saturated heterocycles. The Bertz CT molecular complexity index is 1320. The van der Waals surface area contributed by atoms with Gasteiger partial charge < -0.3 is 0 Å². The molecule has 0 fully saturated rings. The van der Waals surface area contributed by atoms with Crippen molar-refractivity contribution in [1.29, 1.82) is 0 Å². The van der Waals surface area contributed by atoms with Crippen LogP contribution < -0.4 is 10.6 Å². The van der Waals surface area contributed by atoms with Gasteiger partial charge in [-0.2, -0.15) is 0 Å². The zero-order chi connectivity index (χ0) is 23.3. The van der Waals surface area contributed by atoms with Crippen molar-refractivity contribution in [3.05, 3.63) is 107 Å². The third-order valence-electron chi connectivity index (χ3n) is 5.00. The van der Waals surface area contributed by atoms with Gasteiger partial charge in [-0.15, -0.1) is 22.7 Å². The maximum Gasteiger partial charge on any atom is 0.257 e. The lowest BCUT2D eigenvalue weighted by atomic mass is 10.1. The quantitative estimate of drug-likeness (QED) is 0.292. The highest BCUT2D eigenvalue weighted by molar-refractivity contribution is 7.14. The highest BCUT2D eigenvalue weighted by Crippen LogP contribution is 2.26. The van der Waals surface area contributed by atoms with Crippen molar-refractivity contribution >= 4 is 44.8 Å². The van der Waals surface area contributed by atoms with Gasteiger partial charge in [-0.25, -0.2) is 9.97 Å². The van der Waals surface area contributed by atoms with Gasteiger partial charge in [0.25, 0.3) is 11.8 Å². The Labute approximate surface area is 204 Å². The molecule has 6 nitrogen and oxygen atoms in total. The number of benzene rings is 3. The molecule has 0 aliphatic carbocycles. The van der Waals surface area contributed by atoms with Gasteiger partial charge in [-0.05, 0) is 24.3 Å². The normalized spacial score (nSPS) is 10.6. The van der Waals surface area contributed by atoms with Crippen LogP contribution in [0.4, 0.5) is 10.3 Å². The first-order valence-electron chi connectivity index (χ1n) is 10.4. The molecule has 0 atom stereocenters. The topological polar surface area (TPSA) is 84.0 Å². The van der Waals surface area contributed by atoms with E-state index in [-0.39, 0.29) is 11.8 Å². The second-order valence-electron chi connectivity index (χ2n) is 7.29. The smallest absolute Gasteiger partial charge is 0.257 e. The number of aromatic nitrogens is 2. The van der Waals surface area contributed by atoms with E-state index < -0.39 is 0 Å². The minimum atomic E-state index is -0.284. The van der Waals surface area contributed by atoms with E-state index in [0.29, 0.717) is 21.4 Å². The molecule has 0 unspecified atom stereocenters. The Morgan fingerprint density at radius 1 is 0.559 bits per heavy atom. The van der Waals surface area contributed by atoms with E-state index in [9.17, 15) is 9.59 Å². The summed E-state index contributed by atoms with van der Waals surface area (Å²) in [5.41, 5.74) is 4.48. The molecule has 5 aromatic rings. The van der Waals surface area contributed by atoms with Crippen molar-refractivity contribution in [2.45, 2.75) is 0 Å². The molecule has 0 bridgehead atoms. The van der Waals surface area contributed by atoms with Crippen LogP contribution in [0.25, 0.3) is 22.5 Å². The molecule has 0 aliphatic heterocycles. The first kappa shape index (κ1) is 21.7. The number of nitrogens with zero attached hydrogens (tertiary/aromatic N) is 2. The zero-order valence-corrected chi connectivity index (χ0v) is 19.4. The summed E-state index contributed by atoms with van der Waals surface area (Å²) in [7, 11) is 0. The number of carbonyl (C=O) groups excluding carboxylic acids is 2. The van der Waals surface area contributed by atoms with Crippen molar-refractivity contribution in [1.82, 2.24) is 9.97 Å². The van der Waals surface area contributed by atoms with Crippen molar-refractivity contribution in [3.63, 3.8) is 0 Å². The SMILES string of the molecule is O=C(Nc1nc(-c2ccccc2)cs1)c1ccc(C(=O)Nc2nc(-c3ccccc3)cs2)cc1. The first-order chi connectivity index (χ1) is 16.7. The molecule has 8 heteroatoms. The van der Waals surface area contributed by atoms with Crippen LogP contribution in [0.1, 0.15) is 20.7 Å². The van der Waals surface area contributed by atoms with Gasteiger partial charge in [-0.3, -0.25) is 20.2 Å². The fourth-order valence-electron chi connectivity index (χ4n) is 3.26. The van der Waals surface area contributed by atoms with E-state index in [1.165, 1.54) is 22.7 Å². The summed E-state index contributed by atoms with van der Waals surface area (Å²) >= 11 is 2.73. The summed E-state index contributed by atoms with van der Waals surface area (Å²) in [4.78, 5) is 34.2. The molecule has 0 saturated carbocycles. The summed E-state index contributed by atoms with van der Waals surface area (Å²) in [5.74, 6) is -0.568. The van der Waals surface area contributed by atoms with Gasteiger partial charge in [-0.1, -0.05) is 60.7 Å². The number of hydrogen-bond acceptors (Lipinski definition) is 6.